The van der Waals surface area contributed by atoms with Crippen molar-refractivity contribution in [2.45, 2.75) is 40.0 Å². The Morgan fingerprint density at radius 1 is 1.37 bits per heavy atom. The third-order valence-electron chi connectivity index (χ3n) is 3.49. The summed E-state index contributed by atoms with van der Waals surface area (Å²) in [4.78, 5) is 0. The molecule has 0 aliphatic carbocycles. The van der Waals surface area contributed by atoms with E-state index in [-0.39, 0.29) is 22.9 Å². The Balaban J connectivity index is 2.55. The molecule has 0 radical (unpaired) electrons. The highest BCUT2D eigenvalue weighted by molar-refractivity contribution is 7.89. The van der Waals surface area contributed by atoms with E-state index in [0.717, 1.165) is 0 Å². The second-order valence-electron chi connectivity index (χ2n) is 6.32. The number of amidine groups is 1. The summed E-state index contributed by atoms with van der Waals surface area (Å²) in [5.41, 5.74) is 5.56. The summed E-state index contributed by atoms with van der Waals surface area (Å²) in [6.45, 7) is 7.01. The Kier molecular flexibility index (Phi) is 5.20. The topological polar surface area (TPSA) is 96.0 Å². The average Bonchev–Trinajstić information content (AvgIpc) is 2.35. The second kappa shape index (κ2) is 6.09. The van der Waals surface area contributed by atoms with Crippen molar-refractivity contribution in [1.82, 2.24) is 4.31 Å². The lowest BCUT2D eigenvalue weighted by Gasteiger charge is -2.31. The number of piperidine rings is 1. The maximum atomic E-state index is 12.2. The molecular weight excluding hydrogens is 266 g/mol. The SMILES string of the molecule is CC(C)(C)CCS(=O)(=O)N1CCC(C(N)=NO)CC1. The van der Waals surface area contributed by atoms with Crippen LogP contribution in [-0.2, 0) is 10.0 Å². The quantitative estimate of drug-likeness (QED) is 0.352. The van der Waals surface area contributed by atoms with E-state index in [1.54, 1.807) is 0 Å². The van der Waals surface area contributed by atoms with Crippen molar-refractivity contribution in [3.8, 4) is 0 Å². The molecule has 112 valence electrons. The van der Waals surface area contributed by atoms with Gasteiger partial charge in [-0.15, -0.1) is 0 Å². The summed E-state index contributed by atoms with van der Waals surface area (Å²) in [6, 6.07) is 0. The molecule has 19 heavy (non-hydrogen) atoms. The van der Waals surface area contributed by atoms with Gasteiger partial charge in [-0.1, -0.05) is 25.9 Å². The zero-order chi connectivity index (χ0) is 14.7. The third-order valence-corrected chi connectivity index (χ3v) is 5.36. The van der Waals surface area contributed by atoms with Crippen LogP contribution in [0.1, 0.15) is 40.0 Å². The van der Waals surface area contributed by atoms with Gasteiger partial charge in [-0.25, -0.2) is 12.7 Å². The van der Waals surface area contributed by atoms with Crippen LogP contribution in [0.5, 0.6) is 0 Å². The van der Waals surface area contributed by atoms with Gasteiger partial charge in [0, 0.05) is 19.0 Å². The van der Waals surface area contributed by atoms with Crippen molar-refractivity contribution in [3.63, 3.8) is 0 Å². The minimum Gasteiger partial charge on any atom is -0.409 e. The van der Waals surface area contributed by atoms with Gasteiger partial charge < -0.3 is 10.9 Å². The molecule has 0 atom stereocenters. The average molecular weight is 291 g/mol. The molecule has 1 saturated heterocycles. The molecule has 1 rings (SSSR count). The van der Waals surface area contributed by atoms with Gasteiger partial charge in [-0.2, -0.15) is 0 Å². The predicted octanol–water partition coefficient (Wildman–Crippen LogP) is 1.21. The first-order chi connectivity index (χ1) is 8.65. The molecule has 1 aliphatic rings. The Bertz CT molecular complexity index is 418. The Morgan fingerprint density at radius 2 is 1.89 bits per heavy atom. The lowest BCUT2D eigenvalue weighted by molar-refractivity contribution is 0.289. The molecule has 0 spiro atoms. The molecule has 1 heterocycles. The molecule has 0 unspecified atom stereocenters. The fraction of sp³-hybridized carbons (Fsp3) is 0.917. The molecule has 6 nitrogen and oxygen atoms in total. The van der Waals surface area contributed by atoms with Gasteiger partial charge >= 0.3 is 0 Å². The van der Waals surface area contributed by atoms with Crippen LogP contribution < -0.4 is 5.73 Å². The zero-order valence-electron chi connectivity index (χ0n) is 12.0. The molecule has 0 saturated carbocycles. The predicted molar refractivity (Wildman–Crippen MR) is 75.6 cm³/mol. The maximum absolute atomic E-state index is 12.2. The molecule has 7 heteroatoms. The van der Waals surface area contributed by atoms with Gasteiger partial charge in [0.15, 0.2) is 0 Å². The number of sulfonamides is 1. The monoisotopic (exact) mass is 291 g/mol. The second-order valence-corrected chi connectivity index (χ2v) is 8.41. The maximum Gasteiger partial charge on any atom is 0.214 e. The van der Waals surface area contributed by atoms with E-state index < -0.39 is 10.0 Å². The van der Waals surface area contributed by atoms with Gasteiger partial charge in [0.2, 0.25) is 10.0 Å². The van der Waals surface area contributed by atoms with Crippen LogP contribution in [-0.4, -0.2) is 42.6 Å². The van der Waals surface area contributed by atoms with E-state index in [0.29, 0.717) is 32.4 Å². The highest BCUT2D eigenvalue weighted by Gasteiger charge is 2.30. The summed E-state index contributed by atoms with van der Waals surface area (Å²) in [5.74, 6) is 0.371. The first-order valence-electron chi connectivity index (χ1n) is 6.61. The Hall–Kier alpha value is -0.820. The van der Waals surface area contributed by atoms with Crippen LogP contribution in [0, 0.1) is 11.3 Å². The van der Waals surface area contributed by atoms with Gasteiger partial charge in [-0.05, 0) is 24.7 Å². The number of hydrogen-bond acceptors (Lipinski definition) is 4. The fourth-order valence-electron chi connectivity index (χ4n) is 2.08. The molecular formula is C12H25N3O3S. The van der Waals surface area contributed by atoms with Gasteiger partial charge in [0.1, 0.15) is 5.84 Å². The third kappa shape index (κ3) is 4.99. The first-order valence-corrected chi connectivity index (χ1v) is 8.22. The minimum atomic E-state index is -3.18. The minimum absolute atomic E-state index is 0.0133. The van der Waals surface area contributed by atoms with Gasteiger partial charge in [0.25, 0.3) is 0 Å². The number of nitrogens with zero attached hydrogens (tertiary/aromatic N) is 2. The van der Waals surface area contributed by atoms with Crippen LogP contribution in [0.2, 0.25) is 0 Å². The van der Waals surface area contributed by atoms with Crippen molar-refractivity contribution >= 4 is 15.9 Å². The normalized spacial score (nSPS) is 20.7. The van der Waals surface area contributed by atoms with E-state index >= 15 is 0 Å². The summed E-state index contributed by atoms with van der Waals surface area (Å²) >= 11 is 0. The van der Waals surface area contributed by atoms with E-state index in [2.05, 4.69) is 5.16 Å². The van der Waals surface area contributed by atoms with Crippen molar-refractivity contribution in [1.29, 1.82) is 0 Å². The van der Waals surface area contributed by atoms with Crippen molar-refractivity contribution in [3.05, 3.63) is 0 Å². The molecule has 0 amide bonds. The Morgan fingerprint density at radius 3 is 2.32 bits per heavy atom. The molecule has 0 aromatic heterocycles. The molecule has 0 aromatic carbocycles. The fourth-order valence-corrected chi connectivity index (χ4v) is 3.97. The van der Waals surface area contributed by atoms with E-state index in [9.17, 15) is 8.42 Å². The van der Waals surface area contributed by atoms with E-state index in [4.69, 9.17) is 10.9 Å². The van der Waals surface area contributed by atoms with Crippen LogP contribution in [0.25, 0.3) is 0 Å². The van der Waals surface area contributed by atoms with Crippen molar-refractivity contribution in [2.75, 3.05) is 18.8 Å². The molecule has 0 aromatic rings. The van der Waals surface area contributed by atoms with Crippen LogP contribution in [0.15, 0.2) is 5.16 Å². The van der Waals surface area contributed by atoms with Crippen LogP contribution in [0.4, 0.5) is 0 Å². The highest BCUT2D eigenvalue weighted by atomic mass is 32.2. The molecule has 3 N–H and O–H groups in total. The van der Waals surface area contributed by atoms with Crippen molar-refractivity contribution in [2.24, 2.45) is 22.2 Å². The van der Waals surface area contributed by atoms with Crippen molar-refractivity contribution < 1.29 is 13.6 Å². The zero-order valence-corrected chi connectivity index (χ0v) is 12.8. The molecule has 1 fully saturated rings. The number of oxime groups is 1. The van der Waals surface area contributed by atoms with Gasteiger partial charge in [-0.3, -0.25) is 0 Å². The summed E-state index contributed by atoms with van der Waals surface area (Å²) < 4.78 is 25.9. The molecule has 1 aliphatic heterocycles. The van der Waals surface area contributed by atoms with Crippen LogP contribution in [0.3, 0.4) is 0 Å². The summed E-state index contributed by atoms with van der Waals surface area (Å²) in [5, 5.41) is 11.6. The lowest BCUT2D eigenvalue weighted by Crippen LogP contribution is -2.43. The summed E-state index contributed by atoms with van der Waals surface area (Å²) in [6.07, 6.45) is 1.88. The van der Waals surface area contributed by atoms with Crippen LogP contribution >= 0.6 is 0 Å². The number of rotatable bonds is 4. The standard InChI is InChI=1S/C12H25N3O3S/c1-12(2,3)6-9-19(17,18)15-7-4-10(5-8-15)11(13)14-16/h10,16H,4-9H2,1-3H3,(H2,13,14). The molecule has 0 bridgehead atoms. The smallest absolute Gasteiger partial charge is 0.214 e. The van der Waals surface area contributed by atoms with E-state index in [1.165, 1.54) is 4.31 Å². The Labute approximate surface area is 115 Å². The summed E-state index contributed by atoms with van der Waals surface area (Å²) in [7, 11) is -3.18. The lowest BCUT2D eigenvalue weighted by atomic mass is 9.94. The van der Waals surface area contributed by atoms with E-state index in [1.807, 2.05) is 20.8 Å². The number of hydrogen-bond donors (Lipinski definition) is 2. The highest BCUT2D eigenvalue weighted by Crippen LogP contribution is 2.24. The first kappa shape index (κ1) is 16.2. The largest absolute Gasteiger partial charge is 0.409 e. The number of nitrogens with two attached hydrogens (primary N) is 1. The van der Waals surface area contributed by atoms with Gasteiger partial charge in [0.05, 0.1) is 5.75 Å².